The van der Waals surface area contributed by atoms with Crippen LogP contribution in [0.2, 0.25) is 5.02 Å². The van der Waals surface area contributed by atoms with E-state index in [-0.39, 0.29) is 17.7 Å². The third kappa shape index (κ3) is 3.20. The first-order chi connectivity index (χ1) is 12.6. The molecule has 0 radical (unpaired) electrons. The molecule has 6 nitrogen and oxygen atoms in total. The summed E-state index contributed by atoms with van der Waals surface area (Å²) in [5.41, 5.74) is 3.02. The lowest BCUT2D eigenvalue weighted by atomic mass is 10.1. The number of anilines is 1. The van der Waals surface area contributed by atoms with Crippen LogP contribution in [0, 0.1) is 0 Å². The van der Waals surface area contributed by atoms with Crippen molar-refractivity contribution in [1.29, 1.82) is 0 Å². The summed E-state index contributed by atoms with van der Waals surface area (Å²) in [6.07, 6.45) is 0.884. The molecule has 2 heterocycles. The maximum Gasteiger partial charge on any atom is 0.237 e. The molecule has 132 valence electrons. The van der Waals surface area contributed by atoms with E-state index in [4.69, 9.17) is 11.6 Å². The van der Waals surface area contributed by atoms with E-state index in [9.17, 15) is 4.79 Å². The fourth-order valence-electron chi connectivity index (χ4n) is 3.15. The number of amides is 1. The van der Waals surface area contributed by atoms with E-state index in [1.807, 2.05) is 35.2 Å². The number of benzene rings is 2. The van der Waals surface area contributed by atoms with Crippen molar-refractivity contribution in [1.82, 2.24) is 20.2 Å². The largest absolute Gasteiger partial charge is 0.308 e. The van der Waals surface area contributed by atoms with Crippen molar-refractivity contribution in [3.05, 3.63) is 59.1 Å². The number of carbonyl (C=O) groups is 1. The van der Waals surface area contributed by atoms with Crippen molar-refractivity contribution >= 4 is 35.0 Å². The van der Waals surface area contributed by atoms with Gasteiger partial charge < -0.3 is 4.90 Å². The van der Waals surface area contributed by atoms with Crippen molar-refractivity contribution in [2.24, 2.45) is 0 Å². The van der Waals surface area contributed by atoms with Crippen LogP contribution in [0.1, 0.15) is 12.5 Å². The number of halogens is 1. The minimum absolute atomic E-state index is 0.0538. The number of thioether (sulfide) groups is 1. The summed E-state index contributed by atoms with van der Waals surface area (Å²) in [6.45, 7) is 2.07. The molecular weight excluding hydrogens is 370 g/mol. The molecule has 0 spiro atoms. The first kappa shape index (κ1) is 17.1. The van der Waals surface area contributed by atoms with E-state index in [1.54, 1.807) is 16.8 Å². The van der Waals surface area contributed by atoms with Crippen molar-refractivity contribution < 1.29 is 4.79 Å². The van der Waals surface area contributed by atoms with Crippen LogP contribution in [-0.4, -0.2) is 37.9 Å². The molecule has 0 aliphatic carbocycles. The Bertz CT molecular complexity index is 943. The van der Waals surface area contributed by atoms with E-state index in [2.05, 4.69) is 28.5 Å². The maximum absolute atomic E-state index is 12.8. The van der Waals surface area contributed by atoms with Crippen LogP contribution in [0.25, 0.3) is 5.69 Å². The zero-order valence-electron chi connectivity index (χ0n) is 14.0. The summed E-state index contributed by atoms with van der Waals surface area (Å²) in [5.74, 6) is 0.324. The van der Waals surface area contributed by atoms with Crippen LogP contribution < -0.4 is 4.90 Å². The number of para-hydroxylation sites is 1. The number of hydrogen-bond acceptors (Lipinski definition) is 5. The van der Waals surface area contributed by atoms with Gasteiger partial charge in [-0.1, -0.05) is 41.6 Å². The maximum atomic E-state index is 12.8. The Kier molecular flexibility index (Phi) is 4.65. The molecule has 0 saturated heterocycles. The van der Waals surface area contributed by atoms with Crippen LogP contribution >= 0.6 is 23.4 Å². The van der Waals surface area contributed by atoms with Gasteiger partial charge in [-0.3, -0.25) is 4.79 Å². The van der Waals surface area contributed by atoms with E-state index < -0.39 is 0 Å². The summed E-state index contributed by atoms with van der Waals surface area (Å²) in [6, 6.07) is 15.4. The molecule has 2 aromatic carbocycles. The Morgan fingerprint density at radius 3 is 2.81 bits per heavy atom. The van der Waals surface area contributed by atoms with Crippen molar-refractivity contribution in [3.63, 3.8) is 0 Å². The minimum Gasteiger partial charge on any atom is -0.308 e. The molecule has 1 aliphatic rings. The molecule has 1 aliphatic heterocycles. The fraction of sp³-hybridized carbons (Fsp3) is 0.222. The van der Waals surface area contributed by atoms with E-state index in [0.717, 1.165) is 17.8 Å². The van der Waals surface area contributed by atoms with Gasteiger partial charge in [-0.2, -0.15) is 4.68 Å². The Morgan fingerprint density at radius 1 is 1.23 bits per heavy atom. The van der Waals surface area contributed by atoms with Gasteiger partial charge in [0.2, 0.25) is 11.1 Å². The lowest BCUT2D eigenvalue weighted by Gasteiger charge is -2.22. The SMILES string of the molecule is C[C@H]1Cc2ccccc2N1C(=O)CSc1nnnn1-c1ccc(Cl)cc1. The molecule has 0 unspecified atom stereocenters. The molecule has 1 aromatic heterocycles. The number of aromatic nitrogens is 4. The van der Waals surface area contributed by atoms with Gasteiger partial charge in [0, 0.05) is 16.8 Å². The quantitative estimate of drug-likeness (QED) is 0.644. The molecule has 1 amide bonds. The standard InChI is InChI=1S/C18H16ClN5OS/c1-12-10-13-4-2-3-5-16(13)23(12)17(25)11-26-18-20-21-22-24(18)15-8-6-14(19)7-9-15/h2-9,12H,10-11H2,1H3/t12-/m0/s1. The predicted molar refractivity (Wildman–Crippen MR) is 102 cm³/mol. The van der Waals surface area contributed by atoms with Gasteiger partial charge in [-0.05, 0) is 59.7 Å². The van der Waals surface area contributed by atoms with Gasteiger partial charge in [0.25, 0.3) is 0 Å². The zero-order chi connectivity index (χ0) is 18.1. The molecule has 0 fully saturated rings. The summed E-state index contributed by atoms with van der Waals surface area (Å²) in [7, 11) is 0. The molecule has 0 bridgehead atoms. The second-order valence-corrected chi connectivity index (χ2v) is 7.46. The average molecular weight is 386 g/mol. The van der Waals surface area contributed by atoms with Gasteiger partial charge in [-0.25, -0.2) is 0 Å². The Balaban J connectivity index is 1.49. The summed E-state index contributed by atoms with van der Waals surface area (Å²) < 4.78 is 1.61. The molecule has 1 atom stereocenters. The van der Waals surface area contributed by atoms with Gasteiger partial charge in [-0.15, -0.1) is 5.10 Å². The highest BCUT2D eigenvalue weighted by molar-refractivity contribution is 7.99. The number of fused-ring (bicyclic) bond motifs is 1. The van der Waals surface area contributed by atoms with E-state index in [0.29, 0.717) is 10.2 Å². The predicted octanol–water partition coefficient (Wildman–Crippen LogP) is 3.39. The third-order valence-electron chi connectivity index (χ3n) is 4.31. The average Bonchev–Trinajstić information content (AvgIpc) is 3.23. The number of nitrogens with zero attached hydrogens (tertiary/aromatic N) is 5. The molecular formula is C18H16ClN5OS. The highest BCUT2D eigenvalue weighted by Gasteiger charge is 2.30. The zero-order valence-corrected chi connectivity index (χ0v) is 15.6. The second kappa shape index (κ2) is 7.09. The highest BCUT2D eigenvalue weighted by atomic mass is 35.5. The van der Waals surface area contributed by atoms with Gasteiger partial charge >= 0.3 is 0 Å². The normalized spacial score (nSPS) is 15.9. The first-order valence-corrected chi connectivity index (χ1v) is 9.57. The van der Waals surface area contributed by atoms with Crippen molar-refractivity contribution in [2.75, 3.05) is 10.7 Å². The van der Waals surface area contributed by atoms with Crippen LogP contribution in [0.3, 0.4) is 0 Å². The van der Waals surface area contributed by atoms with Crippen LogP contribution in [0.15, 0.2) is 53.7 Å². The minimum atomic E-state index is 0.0538. The second-order valence-electron chi connectivity index (χ2n) is 6.08. The molecule has 4 rings (SSSR count). The van der Waals surface area contributed by atoms with Crippen molar-refractivity contribution in [2.45, 2.75) is 24.5 Å². The summed E-state index contributed by atoms with van der Waals surface area (Å²) >= 11 is 7.25. The Hall–Kier alpha value is -2.38. The van der Waals surface area contributed by atoms with Gasteiger partial charge in [0.1, 0.15) is 0 Å². The van der Waals surface area contributed by atoms with Crippen LogP contribution in [0.5, 0.6) is 0 Å². The highest BCUT2D eigenvalue weighted by Crippen LogP contribution is 2.32. The third-order valence-corrected chi connectivity index (χ3v) is 5.47. The van der Waals surface area contributed by atoms with Gasteiger partial charge in [0.15, 0.2) is 0 Å². The van der Waals surface area contributed by atoms with Gasteiger partial charge in [0.05, 0.1) is 11.4 Å². The first-order valence-electron chi connectivity index (χ1n) is 8.20. The van der Waals surface area contributed by atoms with Crippen LogP contribution in [0.4, 0.5) is 5.69 Å². The Morgan fingerprint density at radius 2 is 2.00 bits per heavy atom. The van der Waals surface area contributed by atoms with E-state index >= 15 is 0 Å². The summed E-state index contributed by atoms with van der Waals surface area (Å²) in [5, 5.41) is 13.0. The monoisotopic (exact) mass is 385 g/mol. The fourth-order valence-corrected chi connectivity index (χ4v) is 4.03. The summed E-state index contributed by atoms with van der Waals surface area (Å²) in [4.78, 5) is 14.7. The lowest BCUT2D eigenvalue weighted by Crippen LogP contribution is -2.37. The number of rotatable bonds is 4. The molecule has 8 heteroatoms. The van der Waals surface area contributed by atoms with Crippen molar-refractivity contribution in [3.8, 4) is 5.69 Å². The van der Waals surface area contributed by atoms with E-state index in [1.165, 1.54) is 17.3 Å². The van der Waals surface area contributed by atoms with Crippen LogP contribution in [-0.2, 0) is 11.2 Å². The number of carbonyl (C=O) groups excluding carboxylic acids is 1. The molecule has 0 saturated carbocycles. The lowest BCUT2D eigenvalue weighted by molar-refractivity contribution is -0.116. The molecule has 3 aromatic rings. The topological polar surface area (TPSA) is 63.9 Å². The number of tetrazole rings is 1. The Labute approximate surface area is 160 Å². The smallest absolute Gasteiger partial charge is 0.237 e. The molecule has 26 heavy (non-hydrogen) atoms. The number of hydrogen-bond donors (Lipinski definition) is 0. The molecule has 0 N–H and O–H groups in total.